The van der Waals surface area contributed by atoms with Crippen LogP contribution in [-0.4, -0.2) is 5.54 Å². The van der Waals surface area contributed by atoms with E-state index in [2.05, 4.69) is 50.8 Å². The molecule has 0 saturated heterocycles. The average Bonchev–Trinajstić information content (AvgIpc) is 2.57. The van der Waals surface area contributed by atoms with E-state index in [9.17, 15) is 0 Å². The van der Waals surface area contributed by atoms with Crippen LogP contribution in [0.2, 0.25) is 0 Å². The van der Waals surface area contributed by atoms with E-state index in [0.29, 0.717) is 0 Å². The number of hydrogen-bond acceptors (Lipinski definition) is 1. The van der Waals surface area contributed by atoms with Gasteiger partial charge in [-0.05, 0) is 0 Å². The van der Waals surface area contributed by atoms with Gasteiger partial charge in [-0.25, -0.2) is 0 Å². The van der Waals surface area contributed by atoms with Gasteiger partial charge in [-0.1, -0.05) is 64.2 Å². The summed E-state index contributed by atoms with van der Waals surface area (Å²) in [6, 6.07) is 0. The summed E-state index contributed by atoms with van der Waals surface area (Å²) >= 11 is 1.15. The minimum atomic E-state index is 0. The van der Waals surface area contributed by atoms with E-state index in [1.807, 2.05) is 0 Å². The van der Waals surface area contributed by atoms with Gasteiger partial charge in [-0.3, -0.25) is 0 Å². The van der Waals surface area contributed by atoms with Gasteiger partial charge in [-0.2, -0.15) is 25.7 Å². The molecule has 2 rings (SSSR count). The summed E-state index contributed by atoms with van der Waals surface area (Å²) in [5.74, 6) is 2.03. The summed E-state index contributed by atoms with van der Waals surface area (Å²) in [4.78, 5) is 0. The van der Waals surface area contributed by atoms with Crippen molar-refractivity contribution in [3.63, 3.8) is 0 Å². The van der Waals surface area contributed by atoms with Crippen molar-refractivity contribution in [2.75, 3.05) is 0 Å². The van der Waals surface area contributed by atoms with E-state index >= 15 is 0 Å². The molecule has 2 unspecified atom stereocenters. The van der Waals surface area contributed by atoms with Crippen LogP contribution in [0.4, 0.5) is 0 Å². The van der Waals surface area contributed by atoms with Crippen LogP contribution in [0.25, 0.3) is 0 Å². The predicted octanol–water partition coefficient (Wildman–Crippen LogP) is 7.55. The molecular formula is C21H42NTa-3. The number of hydrogen-bond donors (Lipinski definition) is 0. The molecule has 2 fully saturated rings. The van der Waals surface area contributed by atoms with Crippen molar-refractivity contribution < 1.29 is 20.9 Å². The molecule has 23 heavy (non-hydrogen) atoms. The third-order valence-corrected chi connectivity index (χ3v) is 6.59. The number of nitrogens with zero attached hydrogens (tertiary/aromatic N) is 1. The summed E-state index contributed by atoms with van der Waals surface area (Å²) in [5.41, 5.74) is 0.216. The van der Waals surface area contributed by atoms with Crippen LogP contribution in [0, 0.1) is 32.1 Å². The van der Waals surface area contributed by atoms with Crippen molar-refractivity contribution in [3.8, 4) is 0 Å². The zero-order valence-electron chi connectivity index (χ0n) is 16.8. The third kappa shape index (κ3) is 17.2. The molecule has 0 aliphatic heterocycles. The van der Waals surface area contributed by atoms with Crippen molar-refractivity contribution in [1.29, 1.82) is 0 Å². The van der Waals surface area contributed by atoms with E-state index in [0.717, 1.165) is 32.7 Å². The Labute approximate surface area is 160 Å². The summed E-state index contributed by atoms with van der Waals surface area (Å²) in [6.07, 6.45) is 19.0. The third-order valence-electron chi connectivity index (χ3n) is 4.44. The van der Waals surface area contributed by atoms with E-state index in [-0.39, 0.29) is 13.0 Å². The Morgan fingerprint density at radius 1 is 0.913 bits per heavy atom. The van der Waals surface area contributed by atoms with Gasteiger partial charge < -0.3 is 20.3 Å². The minimum Gasteiger partial charge on any atom is -0.358 e. The smallest absolute Gasteiger partial charge is 0.0525 e. The Kier molecular flexibility index (Phi) is 18.0. The van der Waals surface area contributed by atoms with E-state index in [1.165, 1.54) is 64.2 Å². The number of rotatable bonds is 2. The largest absolute Gasteiger partial charge is 0.358 e. The molecule has 2 aliphatic carbocycles. The first kappa shape index (κ1) is 25.8. The maximum atomic E-state index is 4.13. The van der Waals surface area contributed by atoms with Crippen LogP contribution in [0.3, 0.4) is 0 Å². The zero-order valence-corrected chi connectivity index (χ0v) is 20.0. The predicted molar refractivity (Wildman–Crippen MR) is 102 cm³/mol. The Hall–Kier alpha value is 0.540. The molecule has 0 aromatic carbocycles. The minimum absolute atomic E-state index is 0. The molecule has 2 heteroatoms. The zero-order chi connectivity index (χ0) is 16.8. The molecule has 0 heterocycles. The van der Waals surface area contributed by atoms with Gasteiger partial charge in [0.05, 0.1) is 0 Å². The van der Waals surface area contributed by atoms with Crippen molar-refractivity contribution >= 4 is 0 Å². The average molecular weight is 490 g/mol. The normalized spacial score (nSPS) is 24.0. The van der Waals surface area contributed by atoms with Gasteiger partial charge in [0.2, 0.25) is 0 Å². The second-order valence-corrected chi connectivity index (χ2v) is 8.46. The molecule has 139 valence electrons. The van der Waals surface area contributed by atoms with Crippen molar-refractivity contribution in [3.05, 3.63) is 20.3 Å². The molecule has 0 aromatic rings. The Morgan fingerprint density at radius 3 is 1.57 bits per heavy atom. The molecule has 2 atom stereocenters. The fourth-order valence-electron chi connectivity index (χ4n) is 2.80. The Bertz CT molecular complexity index is 232. The van der Waals surface area contributed by atoms with Gasteiger partial charge >= 0.3 is 50.5 Å². The molecule has 0 N–H and O–H groups in total. The fraction of sp³-hybridized carbons (Fsp3) is 0.857. The second kappa shape index (κ2) is 16.0. The first-order valence-corrected chi connectivity index (χ1v) is 10.9. The fourth-order valence-corrected chi connectivity index (χ4v) is 2.80. The van der Waals surface area contributed by atoms with E-state index in [1.54, 1.807) is 0 Å². The molecule has 0 bridgehead atoms. The molecule has 0 radical (unpaired) electrons. The first-order valence-electron chi connectivity index (χ1n) is 9.42. The quantitative estimate of drug-likeness (QED) is 0.355. The molecule has 0 aromatic heterocycles. The van der Waals surface area contributed by atoms with Crippen molar-refractivity contribution in [2.24, 2.45) is 15.2 Å². The van der Waals surface area contributed by atoms with Gasteiger partial charge in [0.25, 0.3) is 0 Å². The van der Waals surface area contributed by atoms with Gasteiger partial charge in [-0.15, -0.1) is 0 Å². The molecule has 0 spiro atoms. The van der Waals surface area contributed by atoms with Crippen LogP contribution in [0.5, 0.6) is 0 Å². The van der Waals surface area contributed by atoms with Crippen LogP contribution in [0.15, 0.2) is 3.34 Å². The van der Waals surface area contributed by atoms with E-state index < -0.39 is 0 Å². The molecule has 2 saturated carbocycles. The summed E-state index contributed by atoms with van der Waals surface area (Å²) in [7, 11) is 0. The van der Waals surface area contributed by atoms with Gasteiger partial charge in [0.15, 0.2) is 0 Å². The van der Waals surface area contributed by atoms with Crippen LogP contribution >= 0.6 is 0 Å². The molecule has 2 aliphatic rings. The molecular weight excluding hydrogens is 447 g/mol. The second-order valence-electron chi connectivity index (χ2n) is 7.74. The summed E-state index contributed by atoms with van der Waals surface area (Å²) in [5, 5.41) is 0. The van der Waals surface area contributed by atoms with Gasteiger partial charge in [0, 0.05) is 0 Å². The summed E-state index contributed by atoms with van der Waals surface area (Å²) in [6.45, 7) is 10.9. The van der Waals surface area contributed by atoms with Crippen LogP contribution in [-0.2, 0) is 20.9 Å². The van der Waals surface area contributed by atoms with Crippen LogP contribution in [0.1, 0.15) is 98.8 Å². The Morgan fingerprint density at radius 2 is 1.35 bits per heavy atom. The van der Waals surface area contributed by atoms with E-state index in [4.69, 9.17) is 0 Å². The molecule has 1 nitrogen and oxygen atoms in total. The standard InChI is InChI=1S/C10H19.C6H11.C4H9N.CH3.Ta/c1-3-9-6-5-7-10(4-2)8-9;1-2-4-6-5-3-1;1-4(2,3)5;;/h5,9-10H,3-4,6-8H2,1-2H3;1H,2-6H2;1-3H3;1H3;/q2*-1;;-1;. The first-order chi connectivity index (χ1) is 10.4. The van der Waals surface area contributed by atoms with Gasteiger partial charge in [0.1, 0.15) is 0 Å². The Balaban J connectivity index is 0. The van der Waals surface area contributed by atoms with Crippen molar-refractivity contribution in [2.45, 2.75) is 104 Å². The maximum Gasteiger partial charge on any atom is -0.0525 e. The maximum absolute atomic E-state index is 4.13. The monoisotopic (exact) mass is 489 g/mol. The van der Waals surface area contributed by atoms with Crippen LogP contribution < -0.4 is 0 Å². The topological polar surface area (TPSA) is 12.4 Å². The summed E-state index contributed by atoms with van der Waals surface area (Å²) < 4.78 is 4.13. The molecule has 0 amide bonds. The SMILES string of the molecule is CC(C)(C)[N]=[Ta].CCC1C[CH-]CC(CC)C1.[CH-]1CCCCC1.[CH3-]. The van der Waals surface area contributed by atoms with Crippen molar-refractivity contribution in [1.82, 2.24) is 0 Å².